The van der Waals surface area contributed by atoms with E-state index in [4.69, 9.17) is 5.11 Å². The third-order valence-corrected chi connectivity index (χ3v) is 4.36. The molecule has 18 heavy (non-hydrogen) atoms. The van der Waals surface area contributed by atoms with Crippen molar-refractivity contribution in [2.45, 2.75) is 58.0 Å². The molecule has 6 nitrogen and oxygen atoms in total. The molecule has 0 atom stereocenters. The van der Waals surface area contributed by atoms with Gasteiger partial charge in [-0.2, -0.15) is 17.9 Å². The van der Waals surface area contributed by atoms with Gasteiger partial charge in [0.05, 0.1) is 5.92 Å². The lowest BCUT2D eigenvalue weighted by Gasteiger charge is -2.28. The molecule has 0 aromatic carbocycles. The van der Waals surface area contributed by atoms with Crippen LogP contribution >= 0.6 is 0 Å². The molecule has 0 heterocycles. The highest BCUT2D eigenvalue weighted by Crippen LogP contribution is 2.24. The second-order valence-electron chi connectivity index (χ2n) is 5.86. The number of hydrogen-bond acceptors (Lipinski definition) is 3. The Morgan fingerprint density at radius 2 is 1.67 bits per heavy atom. The van der Waals surface area contributed by atoms with Gasteiger partial charge in [0.2, 0.25) is 0 Å². The van der Waals surface area contributed by atoms with Crippen LogP contribution in [0.2, 0.25) is 0 Å². The molecule has 7 heteroatoms. The molecule has 0 aromatic rings. The lowest BCUT2D eigenvalue weighted by molar-refractivity contribution is -0.142. The minimum Gasteiger partial charge on any atom is -0.481 e. The molecule has 0 spiro atoms. The van der Waals surface area contributed by atoms with Crippen LogP contribution in [0, 0.1) is 5.92 Å². The van der Waals surface area contributed by atoms with Crippen LogP contribution in [0.3, 0.4) is 0 Å². The molecule has 0 aromatic heterocycles. The summed E-state index contributed by atoms with van der Waals surface area (Å²) < 4.78 is 28.7. The highest BCUT2D eigenvalue weighted by Gasteiger charge is 2.29. The zero-order valence-corrected chi connectivity index (χ0v) is 11.9. The lowest BCUT2D eigenvalue weighted by Crippen LogP contribution is -2.50. The predicted molar refractivity (Wildman–Crippen MR) is 68.3 cm³/mol. The van der Waals surface area contributed by atoms with Crippen LogP contribution in [0.25, 0.3) is 0 Å². The Morgan fingerprint density at radius 1 is 1.17 bits per heavy atom. The van der Waals surface area contributed by atoms with E-state index < -0.39 is 21.7 Å². The van der Waals surface area contributed by atoms with E-state index in [0.717, 1.165) is 0 Å². The highest BCUT2D eigenvalue weighted by atomic mass is 32.2. The summed E-state index contributed by atoms with van der Waals surface area (Å²) in [6, 6.07) is -0.166. The largest absolute Gasteiger partial charge is 0.481 e. The van der Waals surface area contributed by atoms with Crippen LogP contribution in [-0.4, -0.2) is 31.1 Å². The lowest BCUT2D eigenvalue weighted by atomic mass is 9.87. The molecule has 0 unspecified atom stereocenters. The summed E-state index contributed by atoms with van der Waals surface area (Å²) in [5.41, 5.74) is -0.524. The highest BCUT2D eigenvalue weighted by molar-refractivity contribution is 7.87. The van der Waals surface area contributed by atoms with Crippen molar-refractivity contribution in [2.24, 2.45) is 5.92 Å². The number of nitrogens with one attached hydrogen (secondary N) is 2. The zero-order chi connectivity index (χ0) is 14.0. The molecule has 3 N–H and O–H groups in total. The number of carboxylic acid groups (broad SMARTS) is 1. The third kappa shape index (κ3) is 5.32. The quantitative estimate of drug-likeness (QED) is 0.710. The van der Waals surface area contributed by atoms with Gasteiger partial charge >= 0.3 is 5.97 Å². The molecule has 1 aliphatic carbocycles. The summed E-state index contributed by atoms with van der Waals surface area (Å²) in [6.07, 6.45) is 2.19. The van der Waals surface area contributed by atoms with Crippen LogP contribution in [-0.2, 0) is 15.0 Å². The summed E-state index contributed by atoms with van der Waals surface area (Å²) in [5, 5.41) is 8.86. The first-order valence-corrected chi connectivity index (χ1v) is 7.61. The number of rotatable bonds is 4. The molecule has 106 valence electrons. The van der Waals surface area contributed by atoms with Crippen LogP contribution in [0.5, 0.6) is 0 Å². The Kier molecular flexibility index (Phi) is 4.74. The fourth-order valence-electron chi connectivity index (χ4n) is 2.11. The van der Waals surface area contributed by atoms with Gasteiger partial charge in [0.1, 0.15) is 0 Å². The van der Waals surface area contributed by atoms with Crippen molar-refractivity contribution in [1.82, 2.24) is 9.44 Å². The Balaban J connectivity index is 2.48. The molecule has 1 fully saturated rings. The molecule has 0 saturated heterocycles. The van der Waals surface area contributed by atoms with Crippen molar-refractivity contribution in [3.05, 3.63) is 0 Å². The monoisotopic (exact) mass is 278 g/mol. The third-order valence-electron chi connectivity index (χ3n) is 2.84. The van der Waals surface area contributed by atoms with Crippen molar-refractivity contribution in [3.63, 3.8) is 0 Å². The maximum absolute atomic E-state index is 11.8. The van der Waals surface area contributed by atoms with Gasteiger partial charge in [0.25, 0.3) is 10.2 Å². The minimum atomic E-state index is -3.52. The smallest absolute Gasteiger partial charge is 0.306 e. The molecular weight excluding hydrogens is 256 g/mol. The fraction of sp³-hybridized carbons (Fsp3) is 0.909. The molecule has 0 aliphatic heterocycles. The van der Waals surface area contributed by atoms with E-state index >= 15 is 0 Å². The van der Waals surface area contributed by atoms with Crippen LogP contribution in [0.1, 0.15) is 46.5 Å². The van der Waals surface area contributed by atoms with Crippen molar-refractivity contribution >= 4 is 16.2 Å². The molecule has 0 amide bonds. The summed E-state index contributed by atoms with van der Waals surface area (Å²) in [4.78, 5) is 10.8. The van der Waals surface area contributed by atoms with E-state index in [1.54, 1.807) is 20.8 Å². The summed E-state index contributed by atoms with van der Waals surface area (Å²) in [5.74, 6) is -1.12. The Bertz CT molecular complexity index is 392. The number of carboxylic acids is 1. The maximum Gasteiger partial charge on any atom is 0.306 e. The van der Waals surface area contributed by atoms with Crippen molar-refractivity contribution < 1.29 is 18.3 Å². The van der Waals surface area contributed by atoms with Crippen molar-refractivity contribution in [1.29, 1.82) is 0 Å². The van der Waals surface area contributed by atoms with E-state index in [1.807, 2.05) is 0 Å². The number of hydrogen-bond donors (Lipinski definition) is 3. The van der Waals surface area contributed by atoms with E-state index in [2.05, 4.69) is 9.44 Å². The first kappa shape index (κ1) is 15.4. The average Bonchev–Trinajstić information content (AvgIpc) is 2.13. The Labute approximate surface area is 108 Å². The number of aliphatic carboxylic acids is 1. The standard InChI is InChI=1S/C11H22N2O4S/c1-11(2,3)13-18(16,17)12-9-6-4-8(5-7-9)10(14)15/h8-9,12-13H,4-7H2,1-3H3,(H,14,15). The summed E-state index contributed by atoms with van der Waals surface area (Å²) in [7, 11) is -3.52. The molecule has 1 rings (SSSR count). The normalized spacial score (nSPS) is 25.9. The average molecular weight is 278 g/mol. The molecule has 0 radical (unpaired) electrons. The van der Waals surface area contributed by atoms with E-state index in [1.165, 1.54) is 0 Å². The van der Waals surface area contributed by atoms with Gasteiger partial charge in [-0.1, -0.05) is 0 Å². The Morgan fingerprint density at radius 3 is 2.06 bits per heavy atom. The van der Waals surface area contributed by atoms with Gasteiger partial charge in [-0.3, -0.25) is 4.79 Å². The van der Waals surface area contributed by atoms with Crippen molar-refractivity contribution in [3.8, 4) is 0 Å². The summed E-state index contributed by atoms with van der Waals surface area (Å²) >= 11 is 0. The molecule has 1 saturated carbocycles. The van der Waals surface area contributed by atoms with Gasteiger partial charge in [-0.25, -0.2) is 0 Å². The van der Waals surface area contributed by atoms with Gasteiger partial charge in [-0.15, -0.1) is 0 Å². The van der Waals surface area contributed by atoms with E-state index in [0.29, 0.717) is 25.7 Å². The molecule has 0 bridgehead atoms. The van der Waals surface area contributed by atoms with Crippen molar-refractivity contribution in [2.75, 3.05) is 0 Å². The SMILES string of the molecule is CC(C)(C)NS(=O)(=O)NC1CCC(C(=O)O)CC1. The first-order chi connectivity index (χ1) is 8.09. The maximum atomic E-state index is 11.8. The van der Waals surface area contributed by atoms with Gasteiger partial charge in [0, 0.05) is 11.6 Å². The van der Waals surface area contributed by atoms with E-state index in [-0.39, 0.29) is 12.0 Å². The first-order valence-electron chi connectivity index (χ1n) is 6.13. The predicted octanol–water partition coefficient (Wildman–Crippen LogP) is 0.852. The molecular formula is C11H22N2O4S. The number of carbonyl (C=O) groups is 1. The zero-order valence-electron chi connectivity index (χ0n) is 11.1. The topological polar surface area (TPSA) is 95.5 Å². The van der Waals surface area contributed by atoms with E-state index in [9.17, 15) is 13.2 Å². The van der Waals surface area contributed by atoms with Gasteiger partial charge in [-0.05, 0) is 46.5 Å². The minimum absolute atomic E-state index is 0.166. The van der Waals surface area contributed by atoms with Crippen LogP contribution < -0.4 is 9.44 Å². The Hall–Kier alpha value is -0.660. The fourth-order valence-corrected chi connectivity index (χ4v) is 3.65. The second-order valence-corrected chi connectivity index (χ2v) is 7.31. The summed E-state index contributed by atoms with van der Waals surface area (Å²) in [6.45, 7) is 5.31. The van der Waals surface area contributed by atoms with Gasteiger partial charge < -0.3 is 5.11 Å². The van der Waals surface area contributed by atoms with Gasteiger partial charge in [0.15, 0.2) is 0 Å². The van der Waals surface area contributed by atoms with Crippen LogP contribution in [0.4, 0.5) is 0 Å². The molecule has 1 aliphatic rings. The second kappa shape index (κ2) is 5.54. The van der Waals surface area contributed by atoms with Crippen LogP contribution in [0.15, 0.2) is 0 Å².